The molecule has 1 heterocycles. The molecule has 0 spiro atoms. The maximum atomic E-state index is 13.0. The van der Waals surface area contributed by atoms with Crippen LogP contribution < -0.4 is 0 Å². The van der Waals surface area contributed by atoms with E-state index in [2.05, 4.69) is 45.6 Å². The Morgan fingerprint density at radius 2 is 1.80 bits per heavy atom. The Labute approximate surface area is 130 Å². The fourth-order valence-corrected chi connectivity index (χ4v) is 4.03. The van der Waals surface area contributed by atoms with Crippen LogP contribution in [0.2, 0.25) is 0 Å². The van der Waals surface area contributed by atoms with Gasteiger partial charge in [0.1, 0.15) is 5.82 Å². The summed E-state index contributed by atoms with van der Waals surface area (Å²) >= 11 is 5.38. The minimum Gasteiger partial charge on any atom is -0.207 e. The van der Waals surface area contributed by atoms with Crippen LogP contribution in [0.1, 0.15) is 17.0 Å². The van der Waals surface area contributed by atoms with Crippen molar-refractivity contribution in [1.82, 2.24) is 0 Å². The molecule has 0 aliphatic rings. The van der Waals surface area contributed by atoms with Gasteiger partial charge in [-0.05, 0) is 52.4 Å². The van der Waals surface area contributed by atoms with Gasteiger partial charge in [-0.15, -0.1) is 11.3 Å². The number of halogens is 2. The summed E-state index contributed by atoms with van der Waals surface area (Å²) in [6.07, 6.45) is 0.973. The molecule has 3 rings (SSSR count). The molecule has 3 aromatic rings. The number of rotatable bonds is 4. The van der Waals surface area contributed by atoms with E-state index in [9.17, 15) is 4.39 Å². The van der Waals surface area contributed by atoms with Crippen molar-refractivity contribution < 1.29 is 4.39 Å². The molecule has 0 nitrogen and oxygen atoms in total. The van der Waals surface area contributed by atoms with Crippen molar-refractivity contribution >= 4 is 37.4 Å². The third-order valence-corrected chi connectivity index (χ3v) is 5.35. The summed E-state index contributed by atoms with van der Waals surface area (Å²) in [5.41, 5.74) is 2.55. The SMILES string of the molecule is Fc1ccc(C(CBr)Cc2csc3ccccc23)cc1. The summed E-state index contributed by atoms with van der Waals surface area (Å²) in [4.78, 5) is 0. The standard InChI is InChI=1S/C17H14BrFS/c18-10-13(12-5-7-15(19)8-6-12)9-14-11-20-17-4-2-1-3-16(14)17/h1-8,11,13H,9-10H2. The highest BCUT2D eigenvalue weighted by molar-refractivity contribution is 9.09. The van der Waals surface area contributed by atoms with Gasteiger partial charge in [-0.3, -0.25) is 0 Å². The lowest BCUT2D eigenvalue weighted by molar-refractivity contribution is 0.625. The third kappa shape index (κ3) is 2.79. The summed E-state index contributed by atoms with van der Waals surface area (Å²) in [6.45, 7) is 0. The predicted molar refractivity (Wildman–Crippen MR) is 88.5 cm³/mol. The molecule has 1 aromatic heterocycles. The number of thiophene rings is 1. The van der Waals surface area contributed by atoms with Crippen molar-refractivity contribution in [3.05, 3.63) is 70.9 Å². The Morgan fingerprint density at radius 1 is 1.05 bits per heavy atom. The molecule has 102 valence electrons. The minimum absolute atomic E-state index is 0.178. The number of hydrogen-bond donors (Lipinski definition) is 0. The lowest BCUT2D eigenvalue weighted by atomic mass is 9.93. The maximum Gasteiger partial charge on any atom is 0.123 e. The molecule has 20 heavy (non-hydrogen) atoms. The highest BCUT2D eigenvalue weighted by Gasteiger charge is 2.14. The van der Waals surface area contributed by atoms with Crippen molar-refractivity contribution in [3.63, 3.8) is 0 Å². The molecule has 1 unspecified atom stereocenters. The quantitative estimate of drug-likeness (QED) is 0.525. The highest BCUT2D eigenvalue weighted by atomic mass is 79.9. The molecule has 0 aliphatic carbocycles. The molecule has 0 radical (unpaired) electrons. The summed E-state index contributed by atoms with van der Waals surface area (Å²) in [5, 5.41) is 4.46. The molecular formula is C17H14BrFS. The summed E-state index contributed by atoms with van der Waals surface area (Å²) in [6, 6.07) is 15.3. The Hall–Kier alpha value is -1.19. The van der Waals surface area contributed by atoms with E-state index in [0.29, 0.717) is 5.92 Å². The van der Waals surface area contributed by atoms with E-state index < -0.39 is 0 Å². The van der Waals surface area contributed by atoms with E-state index in [4.69, 9.17) is 0 Å². The summed E-state index contributed by atoms with van der Waals surface area (Å²) in [5.74, 6) is 0.191. The molecule has 3 heteroatoms. The van der Waals surface area contributed by atoms with Crippen LogP contribution in [-0.2, 0) is 6.42 Å². The summed E-state index contributed by atoms with van der Waals surface area (Å²) < 4.78 is 14.4. The van der Waals surface area contributed by atoms with Crippen molar-refractivity contribution in [2.24, 2.45) is 0 Å². The van der Waals surface area contributed by atoms with Gasteiger partial charge in [-0.1, -0.05) is 46.3 Å². The average Bonchev–Trinajstić information content (AvgIpc) is 2.89. The van der Waals surface area contributed by atoms with Crippen LogP contribution in [0.4, 0.5) is 4.39 Å². The van der Waals surface area contributed by atoms with Crippen LogP contribution in [0.15, 0.2) is 53.9 Å². The van der Waals surface area contributed by atoms with E-state index >= 15 is 0 Å². The van der Waals surface area contributed by atoms with Crippen molar-refractivity contribution in [1.29, 1.82) is 0 Å². The van der Waals surface area contributed by atoms with Gasteiger partial charge < -0.3 is 0 Å². The van der Waals surface area contributed by atoms with Crippen LogP contribution in [0.5, 0.6) is 0 Å². The predicted octanol–water partition coefficient (Wildman–Crippen LogP) is 5.76. The normalized spacial score (nSPS) is 12.7. The monoisotopic (exact) mass is 348 g/mol. The highest BCUT2D eigenvalue weighted by Crippen LogP contribution is 2.31. The Bertz CT molecular complexity index is 702. The molecule has 2 aromatic carbocycles. The zero-order valence-corrected chi connectivity index (χ0v) is 13.3. The smallest absolute Gasteiger partial charge is 0.123 e. The molecular weight excluding hydrogens is 335 g/mol. The second kappa shape index (κ2) is 6.06. The van der Waals surface area contributed by atoms with Gasteiger partial charge in [0.05, 0.1) is 0 Å². The first kappa shape index (κ1) is 13.8. The Kier molecular flexibility index (Phi) is 4.18. The number of alkyl halides is 1. The van der Waals surface area contributed by atoms with Crippen molar-refractivity contribution in [2.75, 3.05) is 5.33 Å². The molecule has 1 atom stereocenters. The van der Waals surface area contributed by atoms with Gasteiger partial charge in [0.2, 0.25) is 0 Å². The second-order valence-electron chi connectivity index (χ2n) is 4.86. The Morgan fingerprint density at radius 3 is 2.55 bits per heavy atom. The Balaban J connectivity index is 1.89. The molecule has 0 N–H and O–H groups in total. The van der Waals surface area contributed by atoms with E-state index in [-0.39, 0.29) is 5.82 Å². The second-order valence-corrected chi connectivity index (χ2v) is 6.42. The van der Waals surface area contributed by atoms with E-state index in [1.807, 2.05) is 12.1 Å². The molecule has 0 saturated heterocycles. The molecule has 0 amide bonds. The minimum atomic E-state index is -0.178. The average molecular weight is 349 g/mol. The first-order valence-corrected chi connectivity index (χ1v) is 8.54. The van der Waals surface area contributed by atoms with Gasteiger partial charge in [-0.25, -0.2) is 4.39 Å². The lowest BCUT2D eigenvalue weighted by Crippen LogP contribution is -2.04. The maximum absolute atomic E-state index is 13.0. The topological polar surface area (TPSA) is 0 Å². The number of hydrogen-bond acceptors (Lipinski definition) is 1. The first-order chi connectivity index (χ1) is 9.78. The van der Waals surface area contributed by atoms with Gasteiger partial charge in [0.25, 0.3) is 0 Å². The molecule has 0 saturated carbocycles. The zero-order valence-electron chi connectivity index (χ0n) is 10.9. The van der Waals surface area contributed by atoms with E-state index in [0.717, 1.165) is 11.8 Å². The third-order valence-electron chi connectivity index (χ3n) is 3.56. The van der Waals surface area contributed by atoms with Gasteiger partial charge in [0.15, 0.2) is 0 Å². The fourth-order valence-electron chi connectivity index (χ4n) is 2.45. The number of fused-ring (bicyclic) bond motifs is 1. The largest absolute Gasteiger partial charge is 0.207 e. The van der Waals surface area contributed by atoms with Crippen LogP contribution in [0.25, 0.3) is 10.1 Å². The van der Waals surface area contributed by atoms with E-state index in [1.54, 1.807) is 11.3 Å². The van der Waals surface area contributed by atoms with Crippen molar-refractivity contribution in [3.8, 4) is 0 Å². The van der Waals surface area contributed by atoms with Gasteiger partial charge in [0, 0.05) is 10.0 Å². The molecule has 0 bridgehead atoms. The first-order valence-electron chi connectivity index (χ1n) is 6.54. The van der Waals surface area contributed by atoms with Crippen LogP contribution in [-0.4, -0.2) is 5.33 Å². The number of benzene rings is 2. The van der Waals surface area contributed by atoms with E-state index in [1.165, 1.54) is 33.3 Å². The van der Waals surface area contributed by atoms with Gasteiger partial charge in [-0.2, -0.15) is 0 Å². The summed E-state index contributed by atoms with van der Waals surface area (Å²) in [7, 11) is 0. The fraction of sp³-hybridized carbons (Fsp3) is 0.176. The molecule has 0 fully saturated rings. The zero-order chi connectivity index (χ0) is 13.9. The van der Waals surface area contributed by atoms with Gasteiger partial charge >= 0.3 is 0 Å². The molecule has 0 aliphatic heterocycles. The van der Waals surface area contributed by atoms with Crippen LogP contribution in [0.3, 0.4) is 0 Å². The van der Waals surface area contributed by atoms with Crippen molar-refractivity contribution in [2.45, 2.75) is 12.3 Å². The lowest BCUT2D eigenvalue weighted by Gasteiger charge is -2.14. The van der Waals surface area contributed by atoms with Crippen LogP contribution >= 0.6 is 27.3 Å². The van der Waals surface area contributed by atoms with Crippen LogP contribution in [0, 0.1) is 5.82 Å².